The molecule has 20 heavy (non-hydrogen) atoms. The lowest BCUT2D eigenvalue weighted by atomic mass is 10.00. The molecule has 2 aromatic carbocycles. The minimum atomic E-state index is -0.629. The second kappa shape index (κ2) is 5.02. The van der Waals surface area contributed by atoms with E-state index in [0.717, 1.165) is 5.39 Å². The van der Waals surface area contributed by atoms with Gasteiger partial charge in [-0.15, -0.1) is 0 Å². The van der Waals surface area contributed by atoms with Crippen molar-refractivity contribution in [3.8, 4) is 0 Å². The van der Waals surface area contributed by atoms with Crippen LogP contribution in [-0.4, -0.2) is 10.8 Å². The van der Waals surface area contributed by atoms with Gasteiger partial charge in [0.1, 0.15) is 5.82 Å². The molecule has 3 aromatic rings. The smallest absolute Gasteiger partial charge is 0.199 e. The van der Waals surface area contributed by atoms with Crippen molar-refractivity contribution >= 4 is 28.3 Å². The van der Waals surface area contributed by atoms with E-state index >= 15 is 0 Å². The van der Waals surface area contributed by atoms with E-state index in [1.54, 1.807) is 24.4 Å². The second-order valence-electron chi connectivity index (χ2n) is 4.31. The normalized spacial score (nSPS) is 10.7. The van der Waals surface area contributed by atoms with Crippen molar-refractivity contribution < 1.29 is 9.18 Å². The van der Waals surface area contributed by atoms with Gasteiger partial charge in [-0.3, -0.25) is 9.78 Å². The number of pyridine rings is 1. The number of carbonyl (C=O) groups is 1. The lowest BCUT2D eigenvalue weighted by molar-refractivity contribution is 0.103. The van der Waals surface area contributed by atoms with E-state index < -0.39 is 11.6 Å². The van der Waals surface area contributed by atoms with Crippen LogP contribution in [0.1, 0.15) is 15.9 Å². The van der Waals surface area contributed by atoms with Crippen LogP contribution in [0.25, 0.3) is 10.9 Å². The summed E-state index contributed by atoms with van der Waals surface area (Å²) >= 11 is 5.94. The maximum Gasteiger partial charge on any atom is 0.199 e. The van der Waals surface area contributed by atoms with Crippen LogP contribution in [0, 0.1) is 5.82 Å². The van der Waals surface area contributed by atoms with Gasteiger partial charge in [-0.1, -0.05) is 35.9 Å². The molecular formula is C16H9ClFNO. The number of hydrogen-bond acceptors (Lipinski definition) is 2. The van der Waals surface area contributed by atoms with Gasteiger partial charge in [-0.05, 0) is 24.3 Å². The summed E-state index contributed by atoms with van der Waals surface area (Å²) in [4.78, 5) is 16.7. The van der Waals surface area contributed by atoms with Crippen LogP contribution in [-0.2, 0) is 0 Å². The molecule has 0 fully saturated rings. The van der Waals surface area contributed by atoms with Crippen LogP contribution in [0.4, 0.5) is 4.39 Å². The van der Waals surface area contributed by atoms with Gasteiger partial charge >= 0.3 is 0 Å². The molecule has 0 aliphatic heterocycles. The average molecular weight is 286 g/mol. The van der Waals surface area contributed by atoms with Gasteiger partial charge in [0.05, 0.1) is 16.1 Å². The molecule has 98 valence electrons. The fourth-order valence-corrected chi connectivity index (χ4v) is 2.39. The minimum absolute atomic E-state index is 0.0999. The largest absolute Gasteiger partial charge is 0.288 e. The molecule has 0 saturated heterocycles. The molecule has 2 nitrogen and oxygen atoms in total. The van der Waals surface area contributed by atoms with E-state index in [-0.39, 0.29) is 10.6 Å². The van der Waals surface area contributed by atoms with Crippen molar-refractivity contribution in [3.05, 3.63) is 76.7 Å². The molecule has 0 spiro atoms. The van der Waals surface area contributed by atoms with Crippen molar-refractivity contribution in [2.24, 2.45) is 0 Å². The number of rotatable bonds is 2. The first kappa shape index (κ1) is 12.8. The topological polar surface area (TPSA) is 30.0 Å². The van der Waals surface area contributed by atoms with Crippen LogP contribution in [0.5, 0.6) is 0 Å². The van der Waals surface area contributed by atoms with Crippen LogP contribution in [0.15, 0.2) is 54.7 Å². The van der Waals surface area contributed by atoms with E-state index in [2.05, 4.69) is 4.98 Å². The van der Waals surface area contributed by atoms with Crippen molar-refractivity contribution in [1.82, 2.24) is 4.98 Å². The predicted octanol–water partition coefficient (Wildman–Crippen LogP) is 4.26. The average Bonchev–Trinajstić information content (AvgIpc) is 2.46. The number of carbonyl (C=O) groups excluding carboxylic acids is 1. The number of aromatic nitrogens is 1. The predicted molar refractivity (Wildman–Crippen MR) is 76.6 cm³/mol. The van der Waals surface area contributed by atoms with E-state index in [1.807, 2.05) is 12.1 Å². The summed E-state index contributed by atoms with van der Waals surface area (Å²) < 4.78 is 13.9. The fourth-order valence-electron chi connectivity index (χ4n) is 2.14. The standard InChI is InChI=1S/C16H9ClFNO/c17-12-7-2-8-13(18)14(12)16(20)11-6-1-4-10-5-3-9-19-15(10)11/h1-9H. The van der Waals surface area contributed by atoms with E-state index in [1.165, 1.54) is 18.2 Å². The molecule has 4 heteroatoms. The Morgan fingerprint density at radius 1 is 1.05 bits per heavy atom. The first-order chi connectivity index (χ1) is 9.68. The van der Waals surface area contributed by atoms with Crippen LogP contribution < -0.4 is 0 Å². The lowest BCUT2D eigenvalue weighted by Gasteiger charge is -2.07. The zero-order valence-electron chi connectivity index (χ0n) is 10.3. The molecule has 1 heterocycles. The third-order valence-electron chi connectivity index (χ3n) is 3.07. The molecular weight excluding hydrogens is 277 g/mol. The molecule has 0 atom stereocenters. The first-order valence-electron chi connectivity index (χ1n) is 6.01. The van der Waals surface area contributed by atoms with Crippen LogP contribution in [0.2, 0.25) is 5.02 Å². The van der Waals surface area contributed by atoms with Gasteiger partial charge in [0.25, 0.3) is 0 Å². The van der Waals surface area contributed by atoms with Gasteiger partial charge in [-0.2, -0.15) is 0 Å². The molecule has 0 aliphatic rings. The highest BCUT2D eigenvalue weighted by Gasteiger charge is 2.19. The van der Waals surface area contributed by atoms with Gasteiger partial charge in [0.2, 0.25) is 0 Å². The molecule has 0 amide bonds. The van der Waals surface area contributed by atoms with Gasteiger partial charge in [0.15, 0.2) is 5.78 Å². The number of nitrogens with zero attached hydrogens (tertiary/aromatic N) is 1. The number of halogens is 2. The Morgan fingerprint density at radius 3 is 2.60 bits per heavy atom. The van der Waals surface area contributed by atoms with Crippen molar-refractivity contribution in [1.29, 1.82) is 0 Å². The number of hydrogen-bond donors (Lipinski definition) is 0. The van der Waals surface area contributed by atoms with E-state index in [9.17, 15) is 9.18 Å². The number of para-hydroxylation sites is 1. The van der Waals surface area contributed by atoms with E-state index in [4.69, 9.17) is 11.6 Å². The molecule has 0 N–H and O–H groups in total. The zero-order chi connectivity index (χ0) is 14.1. The fraction of sp³-hybridized carbons (Fsp3) is 0. The van der Waals surface area contributed by atoms with Gasteiger partial charge in [-0.25, -0.2) is 4.39 Å². The highest BCUT2D eigenvalue weighted by atomic mass is 35.5. The Balaban J connectivity index is 2.24. The Morgan fingerprint density at radius 2 is 1.80 bits per heavy atom. The molecule has 0 saturated carbocycles. The van der Waals surface area contributed by atoms with Crippen molar-refractivity contribution in [3.63, 3.8) is 0 Å². The number of ketones is 1. The Bertz CT molecular complexity index is 791. The highest BCUT2D eigenvalue weighted by molar-refractivity contribution is 6.35. The maximum atomic E-state index is 13.9. The molecule has 3 rings (SSSR count). The molecule has 0 unspecified atom stereocenters. The Hall–Kier alpha value is -2.26. The summed E-state index contributed by atoms with van der Waals surface area (Å²) in [6.45, 7) is 0. The van der Waals surface area contributed by atoms with Gasteiger partial charge < -0.3 is 0 Å². The summed E-state index contributed by atoms with van der Waals surface area (Å²) in [5.74, 6) is -1.09. The first-order valence-corrected chi connectivity index (χ1v) is 6.39. The quantitative estimate of drug-likeness (QED) is 0.659. The second-order valence-corrected chi connectivity index (χ2v) is 4.71. The molecule has 0 radical (unpaired) electrons. The number of benzene rings is 2. The Kier molecular flexibility index (Phi) is 3.20. The molecule has 0 aliphatic carbocycles. The number of fused-ring (bicyclic) bond motifs is 1. The summed E-state index contributed by atoms with van der Waals surface area (Å²) in [7, 11) is 0. The summed E-state index contributed by atoms with van der Waals surface area (Å²) in [6, 6.07) is 13.0. The highest BCUT2D eigenvalue weighted by Crippen LogP contribution is 2.25. The SMILES string of the molecule is O=C(c1c(F)cccc1Cl)c1cccc2cccnc12. The Labute approximate surface area is 119 Å². The molecule has 0 bridgehead atoms. The van der Waals surface area contributed by atoms with E-state index in [0.29, 0.717) is 11.1 Å². The minimum Gasteiger partial charge on any atom is -0.288 e. The summed E-state index contributed by atoms with van der Waals surface area (Å²) in [5, 5.41) is 0.925. The van der Waals surface area contributed by atoms with Crippen LogP contribution >= 0.6 is 11.6 Å². The third-order valence-corrected chi connectivity index (χ3v) is 3.38. The van der Waals surface area contributed by atoms with Gasteiger partial charge in [0, 0.05) is 17.1 Å². The summed E-state index contributed by atoms with van der Waals surface area (Å²) in [6.07, 6.45) is 1.60. The van der Waals surface area contributed by atoms with Crippen LogP contribution in [0.3, 0.4) is 0 Å². The lowest BCUT2D eigenvalue weighted by Crippen LogP contribution is -2.06. The van der Waals surface area contributed by atoms with Crippen molar-refractivity contribution in [2.75, 3.05) is 0 Å². The summed E-state index contributed by atoms with van der Waals surface area (Å²) in [5.41, 5.74) is 0.765. The zero-order valence-corrected chi connectivity index (χ0v) is 11.1. The van der Waals surface area contributed by atoms with Crippen molar-refractivity contribution in [2.45, 2.75) is 0 Å². The maximum absolute atomic E-state index is 13.9. The molecule has 1 aromatic heterocycles. The third kappa shape index (κ3) is 2.06. The monoisotopic (exact) mass is 285 g/mol.